The summed E-state index contributed by atoms with van der Waals surface area (Å²) >= 11 is 0. The highest BCUT2D eigenvalue weighted by Gasteiger charge is 2.29. The minimum absolute atomic E-state index is 0.00867. The maximum absolute atomic E-state index is 13.0. The van der Waals surface area contributed by atoms with Gasteiger partial charge in [-0.2, -0.15) is 0 Å². The fraction of sp³-hybridized carbons (Fsp3) is 0.259. The monoisotopic (exact) mass is 415 g/mol. The van der Waals surface area contributed by atoms with Crippen molar-refractivity contribution >= 4 is 17.8 Å². The minimum atomic E-state index is -0.950. The van der Waals surface area contributed by atoms with Crippen molar-refractivity contribution in [1.29, 1.82) is 0 Å². The summed E-state index contributed by atoms with van der Waals surface area (Å²) in [7, 11) is 0. The van der Waals surface area contributed by atoms with Crippen LogP contribution >= 0.6 is 0 Å². The van der Waals surface area contributed by atoms with Gasteiger partial charge in [-0.05, 0) is 55.5 Å². The molecule has 160 valence electrons. The molecule has 1 heterocycles. The average Bonchev–Trinajstić information content (AvgIpc) is 3.13. The Labute approximate surface area is 183 Å². The molecule has 0 aliphatic carbocycles. The summed E-state index contributed by atoms with van der Waals surface area (Å²) in [6.45, 7) is 8.02. The van der Waals surface area contributed by atoms with Crippen LogP contribution in [-0.2, 0) is 23.2 Å². The second kappa shape index (κ2) is 9.17. The molecular weight excluding hydrogens is 386 g/mol. The Morgan fingerprint density at radius 1 is 1.06 bits per heavy atom. The van der Waals surface area contributed by atoms with Crippen molar-refractivity contribution in [3.05, 3.63) is 100 Å². The molecule has 2 aromatic carbocycles. The second-order valence-electron chi connectivity index (χ2n) is 8.39. The first-order valence-electron chi connectivity index (χ1n) is 10.5. The number of carboxylic acid groups (broad SMARTS) is 1. The molecule has 3 aromatic rings. The lowest BCUT2D eigenvalue weighted by Gasteiger charge is -2.19. The molecule has 0 amide bonds. The van der Waals surface area contributed by atoms with Crippen LogP contribution in [-0.4, -0.2) is 21.4 Å². The number of carboxylic acids is 1. The fourth-order valence-corrected chi connectivity index (χ4v) is 3.49. The lowest BCUT2D eigenvalue weighted by molar-refractivity contribution is -0.142. The summed E-state index contributed by atoms with van der Waals surface area (Å²) in [5.41, 5.74) is 4.32. The molecule has 0 saturated carbocycles. The fourth-order valence-electron chi connectivity index (χ4n) is 3.49. The predicted octanol–water partition coefficient (Wildman–Crippen LogP) is 5.67. The summed E-state index contributed by atoms with van der Waals surface area (Å²) in [6, 6.07) is 17.2. The summed E-state index contributed by atoms with van der Waals surface area (Å²) < 4.78 is 1.95. The van der Waals surface area contributed by atoms with Crippen LogP contribution in [0.2, 0.25) is 0 Å². The van der Waals surface area contributed by atoms with E-state index < -0.39 is 11.4 Å². The van der Waals surface area contributed by atoms with Gasteiger partial charge in [0.1, 0.15) is 0 Å². The zero-order valence-corrected chi connectivity index (χ0v) is 18.6. The van der Waals surface area contributed by atoms with Gasteiger partial charge in [-0.25, -0.2) is 0 Å². The maximum Gasteiger partial charge on any atom is 0.313 e. The lowest BCUT2D eigenvalue weighted by Crippen LogP contribution is -2.28. The molecule has 4 heteroatoms. The van der Waals surface area contributed by atoms with Crippen LogP contribution < -0.4 is 0 Å². The highest BCUT2D eigenvalue weighted by molar-refractivity contribution is 6.08. The van der Waals surface area contributed by atoms with Crippen molar-refractivity contribution in [3.63, 3.8) is 0 Å². The molecule has 0 atom stereocenters. The van der Waals surface area contributed by atoms with Crippen molar-refractivity contribution in [1.82, 2.24) is 4.57 Å². The topological polar surface area (TPSA) is 59.3 Å². The first kappa shape index (κ1) is 22.3. The number of aliphatic carboxylic acids is 1. The van der Waals surface area contributed by atoms with E-state index >= 15 is 0 Å². The third-order valence-corrected chi connectivity index (χ3v) is 5.65. The Morgan fingerprint density at radius 3 is 2.42 bits per heavy atom. The molecule has 31 heavy (non-hydrogen) atoms. The number of ketones is 1. The standard InChI is InChI=1S/C27H29NO3/c1-5-20-11-13-22(14-12-20)25(29)24-16-19(2)18-28(24)15-7-9-21-8-6-10-23(17-21)27(3,4)26(30)31/h6-14,16-18H,5,15H2,1-4H3,(H,30,31)/b9-7+. The Hall–Kier alpha value is -3.40. The van der Waals surface area contributed by atoms with Crippen LogP contribution in [0.4, 0.5) is 0 Å². The number of carbonyl (C=O) groups excluding carboxylic acids is 1. The first-order chi connectivity index (χ1) is 14.7. The van der Waals surface area contributed by atoms with Gasteiger partial charge in [0.2, 0.25) is 5.78 Å². The van der Waals surface area contributed by atoms with Crippen LogP contribution in [0.5, 0.6) is 0 Å². The molecular formula is C27H29NO3. The Morgan fingerprint density at radius 2 is 1.77 bits per heavy atom. The largest absolute Gasteiger partial charge is 0.481 e. The molecule has 4 nitrogen and oxygen atoms in total. The van der Waals surface area contributed by atoms with Crippen molar-refractivity contribution in [3.8, 4) is 0 Å². The van der Waals surface area contributed by atoms with E-state index in [2.05, 4.69) is 6.92 Å². The molecule has 0 saturated heterocycles. The van der Waals surface area contributed by atoms with Crippen molar-refractivity contribution in [2.45, 2.75) is 46.1 Å². The Bertz CT molecular complexity index is 1120. The molecule has 0 aliphatic rings. The van der Waals surface area contributed by atoms with E-state index in [0.29, 0.717) is 17.8 Å². The van der Waals surface area contributed by atoms with E-state index in [1.807, 2.05) is 84.4 Å². The molecule has 1 aromatic heterocycles. The zero-order valence-electron chi connectivity index (χ0n) is 18.6. The normalized spacial score (nSPS) is 11.7. The molecule has 0 unspecified atom stereocenters. The van der Waals surface area contributed by atoms with Gasteiger partial charge >= 0.3 is 5.97 Å². The van der Waals surface area contributed by atoms with Gasteiger partial charge in [0, 0.05) is 18.3 Å². The predicted molar refractivity (Wildman–Crippen MR) is 125 cm³/mol. The van der Waals surface area contributed by atoms with Crippen molar-refractivity contribution < 1.29 is 14.7 Å². The third-order valence-electron chi connectivity index (χ3n) is 5.65. The van der Waals surface area contributed by atoms with E-state index in [1.54, 1.807) is 13.8 Å². The molecule has 3 rings (SSSR count). The van der Waals surface area contributed by atoms with E-state index in [1.165, 1.54) is 5.56 Å². The zero-order chi connectivity index (χ0) is 22.6. The maximum atomic E-state index is 13.0. The smallest absolute Gasteiger partial charge is 0.313 e. The third kappa shape index (κ3) is 5.02. The van der Waals surface area contributed by atoms with E-state index in [0.717, 1.165) is 23.1 Å². The van der Waals surface area contributed by atoms with E-state index in [-0.39, 0.29) is 5.78 Å². The molecule has 0 bridgehead atoms. The summed E-state index contributed by atoms with van der Waals surface area (Å²) in [5, 5.41) is 9.47. The van der Waals surface area contributed by atoms with Gasteiger partial charge in [-0.3, -0.25) is 9.59 Å². The van der Waals surface area contributed by atoms with Gasteiger partial charge in [-0.15, -0.1) is 0 Å². The minimum Gasteiger partial charge on any atom is -0.481 e. The second-order valence-corrected chi connectivity index (χ2v) is 8.39. The van der Waals surface area contributed by atoms with Gasteiger partial charge in [0.15, 0.2) is 0 Å². The van der Waals surface area contributed by atoms with E-state index in [4.69, 9.17) is 0 Å². The molecule has 0 aliphatic heterocycles. The van der Waals surface area contributed by atoms with Gasteiger partial charge < -0.3 is 9.67 Å². The van der Waals surface area contributed by atoms with Crippen molar-refractivity contribution in [2.75, 3.05) is 0 Å². The van der Waals surface area contributed by atoms with Crippen molar-refractivity contribution in [2.24, 2.45) is 0 Å². The summed E-state index contributed by atoms with van der Waals surface area (Å²) in [4.78, 5) is 24.6. The number of hydrogen-bond acceptors (Lipinski definition) is 2. The van der Waals surface area contributed by atoms with Crippen LogP contribution in [0.25, 0.3) is 6.08 Å². The average molecular weight is 416 g/mol. The lowest BCUT2D eigenvalue weighted by atomic mass is 9.84. The Balaban J connectivity index is 1.79. The first-order valence-corrected chi connectivity index (χ1v) is 10.5. The van der Waals surface area contributed by atoms with Gasteiger partial charge in [0.25, 0.3) is 0 Å². The molecule has 0 fully saturated rings. The quantitative estimate of drug-likeness (QED) is 0.483. The van der Waals surface area contributed by atoms with Gasteiger partial charge in [0.05, 0.1) is 11.1 Å². The van der Waals surface area contributed by atoms with Crippen LogP contribution in [0.15, 0.2) is 66.9 Å². The van der Waals surface area contributed by atoms with Crippen LogP contribution in [0.3, 0.4) is 0 Å². The highest BCUT2D eigenvalue weighted by atomic mass is 16.4. The number of aryl methyl sites for hydroxylation is 2. The van der Waals surface area contributed by atoms with Crippen LogP contribution in [0.1, 0.15) is 59.1 Å². The molecule has 1 N–H and O–H groups in total. The number of aromatic nitrogens is 1. The highest BCUT2D eigenvalue weighted by Crippen LogP contribution is 2.24. The van der Waals surface area contributed by atoms with Crippen LogP contribution in [0, 0.1) is 6.92 Å². The summed E-state index contributed by atoms with van der Waals surface area (Å²) in [6.07, 6.45) is 6.87. The SMILES string of the molecule is CCc1ccc(C(=O)c2cc(C)cn2C/C=C/c2cccc(C(C)(C)C(=O)O)c2)cc1. The number of allylic oxidation sites excluding steroid dienone is 1. The summed E-state index contributed by atoms with van der Waals surface area (Å²) in [5.74, 6) is -0.846. The molecule has 0 spiro atoms. The van der Waals surface area contributed by atoms with Gasteiger partial charge in [-0.1, -0.05) is 67.6 Å². The number of hydrogen-bond donors (Lipinski definition) is 1. The van der Waals surface area contributed by atoms with E-state index in [9.17, 15) is 14.7 Å². The molecule has 0 radical (unpaired) electrons. The number of carbonyl (C=O) groups is 2. The number of nitrogens with zero attached hydrogens (tertiary/aromatic N) is 1. The number of benzene rings is 2. The number of rotatable bonds is 8. The Kier molecular flexibility index (Phi) is 6.59.